The van der Waals surface area contributed by atoms with Gasteiger partial charge in [0.05, 0.1) is 0 Å². The van der Waals surface area contributed by atoms with Gasteiger partial charge >= 0.3 is 0 Å². The molecule has 1 heterocycles. The van der Waals surface area contributed by atoms with Crippen LogP contribution in [-0.2, 0) is 0 Å². The highest BCUT2D eigenvalue weighted by Gasteiger charge is 2.14. The third kappa shape index (κ3) is 4.22. The first-order valence-corrected chi connectivity index (χ1v) is 7.04. The fraction of sp³-hybridized carbons (Fsp3) is 0.769. The normalized spacial score (nSPS) is 13.9. The van der Waals surface area contributed by atoms with Gasteiger partial charge in [0.2, 0.25) is 17.8 Å². The molecule has 19 heavy (non-hydrogen) atoms. The van der Waals surface area contributed by atoms with Crippen LogP contribution in [0.25, 0.3) is 0 Å². The Morgan fingerprint density at radius 2 is 1.74 bits per heavy atom. The van der Waals surface area contributed by atoms with Crippen molar-refractivity contribution in [2.24, 2.45) is 5.92 Å². The molecule has 0 radical (unpaired) electrons. The maximum absolute atomic E-state index is 5.76. The predicted octanol–water partition coefficient (Wildman–Crippen LogP) is 2.15. The van der Waals surface area contributed by atoms with Crippen LogP contribution in [0.2, 0.25) is 0 Å². The van der Waals surface area contributed by atoms with Gasteiger partial charge in [-0.2, -0.15) is 15.0 Å². The van der Waals surface area contributed by atoms with Gasteiger partial charge in [-0.1, -0.05) is 20.3 Å². The van der Waals surface area contributed by atoms with Crippen LogP contribution >= 0.6 is 0 Å². The molecule has 2 unspecified atom stereocenters. The third-order valence-electron chi connectivity index (χ3n) is 3.54. The summed E-state index contributed by atoms with van der Waals surface area (Å²) < 4.78 is 0. The van der Waals surface area contributed by atoms with Crippen LogP contribution in [0, 0.1) is 5.92 Å². The first-order chi connectivity index (χ1) is 9.01. The lowest BCUT2D eigenvalue weighted by molar-refractivity contribution is 0.492. The fourth-order valence-corrected chi connectivity index (χ4v) is 1.79. The molecule has 0 aromatic carbocycles. The van der Waals surface area contributed by atoms with Gasteiger partial charge in [0, 0.05) is 19.1 Å². The first-order valence-electron chi connectivity index (χ1n) is 7.04. The van der Waals surface area contributed by atoms with Crippen molar-refractivity contribution in [2.75, 3.05) is 29.0 Å². The van der Waals surface area contributed by atoms with Gasteiger partial charge in [-0.15, -0.1) is 0 Å². The Kier molecular flexibility index (Phi) is 5.79. The van der Waals surface area contributed by atoms with Crippen LogP contribution in [-0.4, -0.2) is 34.1 Å². The first kappa shape index (κ1) is 15.5. The Labute approximate surface area is 115 Å². The van der Waals surface area contributed by atoms with E-state index in [9.17, 15) is 0 Å². The largest absolute Gasteiger partial charge is 0.368 e. The predicted molar refractivity (Wildman–Crippen MR) is 80.3 cm³/mol. The number of nitrogens with zero attached hydrogens (tertiary/aromatic N) is 4. The van der Waals surface area contributed by atoms with Crippen LogP contribution in [0.4, 0.5) is 17.8 Å². The standard InChI is InChI=1S/C13H26N6/c1-6-9(4)10(5)15-12-16-11(14)17-13(18-12)19(7-2)8-3/h9-10H,6-8H2,1-5H3,(H3,14,15,16,17,18). The lowest BCUT2D eigenvalue weighted by Gasteiger charge is -2.22. The van der Waals surface area contributed by atoms with Crippen molar-refractivity contribution in [3.63, 3.8) is 0 Å². The third-order valence-corrected chi connectivity index (χ3v) is 3.54. The minimum Gasteiger partial charge on any atom is -0.368 e. The quantitative estimate of drug-likeness (QED) is 0.787. The molecule has 0 bridgehead atoms. The Morgan fingerprint density at radius 1 is 1.11 bits per heavy atom. The van der Waals surface area contributed by atoms with Crippen LogP contribution < -0.4 is 16.0 Å². The minimum atomic E-state index is 0.260. The smallest absolute Gasteiger partial charge is 0.231 e. The van der Waals surface area contributed by atoms with E-state index < -0.39 is 0 Å². The van der Waals surface area contributed by atoms with Gasteiger partial charge in [0.25, 0.3) is 0 Å². The number of anilines is 3. The van der Waals surface area contributed by atoms with E-state index in [0.29, 0.717) is 23.9 Å². The maximum atomic E-state index is 5.76. The Bertz CT molecular complexity index is 391. The number of nitrogen functional groups attached to an aromatic ring is 1. The van der Waals surface area contributed by atoms with Crippen LogP contribution in [0.15, 0.2) is 0 Å². The van der Waals surface area contributed by atoms with Crippen molar-refractivity contribution >= 4 is 17.8 Å². The summed E-state index contributed by atoms with van der Waals surface area (Å²) in [6, 6.07) is 0.302. The Hall–Kier alpha value is -1.59. The number of rotatable bonds is 7. The number of nitrogens with one attached hydrogen (secondary N) is 1. The number of hydrogen-bond donors (Lipinski definition) is 2. The molecule has 3 N–H and O–H groups in total. The van der Waals surface area contributed by atoms with Crippen molar-refractivity contribution in [3.05, 3.63) is 0 Å². The number of aromatic nitrogens is 3. The molecule has 108 valence electrons. The molecular weight excluding hydrogens is 240 g/mol. The SMILES string of the molecule is CCC(C)C(C)Nc1nc(N)nc(N(CC)CC)n1. The monoisotopic (exact) mass is 266 g/mol. The zero-order valence-corrected chi connectivity index (χ0v) is 12.6. The molecule has 0 fully saturated rings. The topological polar surface area (TPSA) is 80.0 Å². The summed E-state index contributed by atoms with van der Waals surface area (Å²) in [6.45, 7) is 12.3. The van der Waals surface area contributed by atoms with E-state index in [4.69, 9.17) is 5.73 Å². The summed E-state index contributed by atoms with van der Waals surface area (Å²) in [5.41, 5.74) is 5.76. The van der Waals surface area contributed by atoms with Crippen molar-refractivity contribution in [1.82, 2.24) is 15.0 Å². The Balaban J connectivity index is 2.90. The molecule has 0 spiro atoms. The minimum absolute atomic E-state index is 0.260. The molecule has 0 saturated heterocycles. The van der Waals surface area contributed by atoms with Gasteiger partial charge in [-0.05, 0) is 26.7 Å². The molecule has 1 aromatic rings. The maximum Gasteiger partial charge on any atom is 0.231 e. The molecular formula is C13H26N6. The van der Waals surface area contributed by atoms with E-state index in [1.54, 1.807) is 0 Å². The summed E-state index contributed by atoms with van der Waals surface area (Å²) in [4.78, 5) is 14.8. The summed E-state index contributed by atoms with van der Waals surface area (Å²) in [5, 5.41) is 3.31. The van der Waals surface area contributed by atoms with Crippen LogP contribution in [0.1, 0.15) is 41.0 Å². The fourth-order valence-electron chi connectivity index (χ4n) is 1.79. The second-order valence-corrected chi connectivity index (χ2v) is 4.81. The van der Waals surface area contributed by atoms with Crippen molar-refractivity contribution in [3.8, 4) is 0 Å². The molecule has 2 atom stereocenters. The van der Waals surface area contributed by atoms with E-state index >= 15 is 0 Å². The van der Waals surface area contributed by atoms with Crippen LogP contribution in [0.3, 0.4) is 0 Å². The molecule has 0 aliphatic rings. The summed E-state index contributed by atoms with van der Waals surface area (Å²) in [5.74, 6) is 2.00. The molecule has 0 aliphatic carbocycles. The summed E-state index contributed by atoms with van der Waals surface area (Å²) >= 11 is 0. The number of nitrogens with two attached hydrogens (primary N) is 1. The second-order valence-electron chi connectivity index (χ2n) is 4.81. The molecule has 1 aromatic heterocycles. The number of hydrogen-bond acceptors (Lipinski definition) is 6. The van der Waals surface area contributed by atoms with Crippen molar-refractivity contribution in [1.29, 1.82) is 0 Å². The van der Waals surface area contributed by atoms with E-state index in [1.165, 1.54) is 0 Å². The highest BCUT2D eigenvalue weighted by atomic mass is 15.3. The van der Waals surface area contributed by atoms with Gasteiger partial charge < -0.3 is 16.0 Å². The average molecular weight is 266 g/mol. The zero-order valence-electron chi connectivity index (χ0n) is 12.6. The Morgan fingerprint density at radius 3 is 2.26 bits per heavy atom. The molecule has 6 heteroatoms. The van der Waals surface area contributed by atoms with Gasteiger partial charge in [0.15, 0.2) is 0 Å². The van der Waals surface area contributed by atoms with Gasteiger partial charge in [-0.25, -0.2) is 0 Å². The van der Waals surface area contributed by atoms with Crippen molar-refractivity contribution in [2.45, 2.75) is 47.1 Å². The highest BCUT2D eigenvalue weighted by molar-refractivity contribution is 5.42. The summed E-state index contributed by atoms with van der Waals surface area (Å²) in [7, 11) is 0. The molecule has 0 aliphatic heterocycles. The van der Waals surface area contributed by atoms with E-state index in [-0.39, 0.29) is 5.95 Å². The zero-order chi connectivity index (χ0) is 14.4. The second kappa shape index (κ2) is 7.11. The molecule has 0 amide bonds. The average Bonchev–Trinajstić information content (AvgIpc) is 2.38. The van der Waals surface area contributed by atoms with Crippen molar-refractivity contribution < 1.29 is 0 Å². The molecule has 1 rings (SSSR count). The lowest BCUT2D eigenvalue weighted by Crippen LogP contribution is -2.28. The van der Waals surface area contributed by atoms with Gasteiger partial charge in [-0.3, -0.25) is 0 Å². The molecule has 0 saturated carbocycles. The van der Waals surface area contributed by atoms with E-state index in [1.807, 2.05) is 0 Å². The highest BCUT2D eigenvalue weighted by Crippen LogP contribution is 2.15. The summed E-state index contributed by atoms with van der Waals surface area (Å²) in [6.07, 6.45) is 1.11. The van der Waals surface area contributed by atoms with E-state index in [0.717, 1.165) is 19.5 Å². The lowest BCUT2D eigenvalue weighted by atomic mass is 10.0. The van der Waals surface area contributed by atoms with Gasteiger partial charge in [0.1, 0.15) is 0 Å². The molecule has 6 nitrogen and oxygen atoms in total. The van der Waals surface area contributed by atoms with E-state index in [2.05, 4.69) is 59.8 Å². The van der Waals surface area contributed by atoms with Crippen LogP contribution in [0.5, 0.6) is 0 Å².